The van der Waals surface area contributed by atoms with Gasteiger partial charge in [-0.3, -0.25) is 19.3 Å². The molecule has 0 radical (unpaired) electrons. The molecule has 2 unspecified atom stereocenters. The molecule has 2 atom stereocenters. The lowest BCUT2D eigenvalue weighted by molar-refractivity contribution is -0.130. The molecular formula is C25H28N6O3. The number of dihydropyridines is 1. The minimum Gasteiger partial charge on any atom is -0.481 e. The number of fused-ring (bicyclic) bond motifs is 1. The van der Waals surface area contributed by atoms with Crippen molar-refractivity contribution in [3.05, 3.63) is 59.4 Å². The van der Waals surface area contributed by atoms with Gasteiger partial charge in [-0.1, -0.05) is 12.1 Å². The predicted octanol–water partition coefficient (Wildman–Crippen LogP) is 2.59. The topological polar surface area (TPSA) is 115 Å². The molecule has 3 aliphatic heterocycles. The van der Waals surface area contributed by atoms with Crippen LogP contribution in [0, 0.1) is 0 Å². The zero-order valence-electron chi connectivity index (χ0n) is 19.3. The van der Waals surface area contributed by atoms with Crippen LogP contribution in [0.15, 0.2) is 53.3 Å². The summed E-state index contributed by atoms with van der Waals surface area (Å²) < 4.78 is 8.23. The Kier molecular flexibility index (Phi) is 5.79. The summed E-state index contributed by atoms with van der Waals surface area (Å²) in [6, 6.07) is 7.78. The lowest BCUT2D eigenvalue weighted by atomic mass is 9.95. The van der Waals surface area contributed by atoms with E-state index in [2.05, 4.69) is 15.4 Å². The van der Waals surface area contributed by atoms with Crippen LogP contribution in [0.25, 0.3) is 11.3 Å². The van der Waals surface area contributed by atoms with Crippen molar-refractivity contribution in [3.63, 3.8) is 0 Å². The molecule has 1 aromatic heterocycles. The van der Waals surface area contributed by atoms with E-state index in [-0.39, 0.29) is 17.9 Å². The smallest absolute Gasteiger partial charge is 0.221 e. The maximum absolute atomic E-state index is 11.7. The second-order valence-corrected chi connectivity index (χ2v) is 8.86. The van der Waals surface area contributed by atoms with Crippen LogP contribution in [-0.2, 0) is 14.3 Å². The molecule has 1 fully saturated rings. The fraction of sp³-hybridized carbons (Fsp3) is 0.360. The number of carbonyl (C=O) groups excluding carboxylic acids is 2. The van der Waals surface area contributed by atoms with E-state index in [1.165, 1.54) is 6.92 Å². The van der Waals surface area contributed by atoms with E-state index in [1.807, 2.05) is 52.3 Å². The van der Waals surface area contributed by atoms with Crippen LogP contribution in [0.1, 0.15) is 43.9 Å². The molecule has 4 heterocycles. The number of nitrogens with one attached hydrogen (secondary N) is 1. The molecule has 34 heavy (non-hydrogen) atoms. The van der Waals surface area contributed by atoms with Crippen LogP contribution in [0.4, 0.5) is 5.69 Å². The normalized spacial score (nSPS) is 22.3. The number of allylic oxidation sites excluding steroid dienone is 1. The van der Waals surface area contributed by atoms with Gasteiger partial charge in [-0.05, 0) is 31.1 Å². The number of piperidine rings is 1. The molecule has 0 saturated carbocycles. The van der Waals surface area contributed by atoms with Crippen molar-refractivity contribution in [2.24, 2.45) is 10.7 Å². The van der Waals surface area contributed by atoms with E-state index in [0.29, 0.717) is 11.4 Å². The standard InChI is InChI=1S/C25H28N6O3/c1-15(32)29-22-6-4-3-5-19(22)23-11-20-21(13-27-25(26)24(20)34-23)17-12-28-31(14-17)18-7-9-30(10-8-18)16(2)33/h3-6,11-14,18,24-25H,7-10,26H2,1-2H3,(H,29,32). The number of nitrogens with two attached hydrogens (primary N) is 1. The highest BCUT2D eigenvalue weighted by Gasteiger charge is 2.35. The molecule has 2 amide bonds. The number of rotatable bonds is 4. The van der Waals surface area contributed by atoms with Crippen molar-refractivity contribution in [3.8, 4) is 0 Å². The molecule has 1 aromatic carbocycles. The summed E-state index contributed by atoms with van der Waals surface area (Å²) in [6.07, 6.45) is 8.47. The van der Waals surface area contributed by atoms with Crippen molar-refractivity contribution in [2.45, 2.75) is 45.0 Å². The maximum atomic E-state index is 11.7. The molecular weight excluding hydrogens is 432 g/mol. The SMILES string of the molecule is CC(=O)Nc1ccccc1C1=CC2=C(c3cnn(C4CCN(C(C)=O)CC4)c3)C=NC(N)C2O1. The van der Waals surface area contributed by atoms with Crippen molar-refractivity contribution < 1.29 is 14.3 Å². The molecule has 5 rings (SSSR count). The zero-order chi connectivity index (χ0) is 23.8. The van der Waals surface area contributed by atoms with Gasteiger partial charge in [0.15, 0.2) is 6.10 Å². The number of hydrogen-bond acceptors (Lipinski definition) is 6. The number of ether oxygens (including phenoxy) is 1. The molecule has 3 N–H and O–H groups in total. The van der Waals surface area contributed by atoms with Crippen molar-refractivity contribution in [2.75, 3.05) is 18.4 Å². The molecule has 9 nitrogen and oxygen atoms in total. The first-order valence-corrected chi connectivity index (χ1v) is 11.5. The lowest BCUT2D eigenvalue weighted by Crippen LogP contribution is -2.37. The summed E-state index contributed by atoms with van der Waals surface area (Å²) in [5.41, 5.74) is 10.6. The number of anilines is 1. The third kappa shape index (κ3) is 4.14. The third-order valence-corrected chi connectivity index (χ3v) is 6.54. The van der Waals surface area contributed by atoms with Crippen LogP contribution in [0.2, 0.25) is 0 Å². The monoisotopic (exact) mass is 460 g/mol. The number of para-hydroxylation sites is 1. The molecule has 0 spiro atoms. The summed E-state index contributed by atoms with van der Waals surface area (Å²) in [5.74, 6) is 0.619. The third-order valence-electron chi connectivity index (χ3n) is 6.54. The summed E-state index contributed by atoms with van der Waals surface area (Å²) >= 11 is 0. The fourth-order valence-corrected chi connectivity index (χ4v) is 4.76. The van der Waals surface area contributed by atoms with Gasteiger partial charge in [0.05, 0.1) is 17.9 Å². The zero-order valence-corrected chi connectivity index (χ0v) is 19.3. The van der Waals surface area contributed by atoms with E-state index in [9.17, 15) is 9.59 Å². The molecule has 2 aromatic rings. The van der Waals surface area contributed by atoms with E-state index in [0.717, 1.165) is 48.2 Å². The Morgan fingerprint density at radius 2 is 1.94 bits per heavy atom. The van der Waals surface area contributed by atoms with Crippen LogP contribution < -0.4 is 11.1 Å². The van der Waals surface area contributed by atoms with Gasteiger partial charge < -0.3 is 20.7 Å². The number of carbonyl (C=O) groups is 2. The molecule has 3 aliphatic rings. The average Bonchev–Trinajstić information content (AvgIpc) is 3.48. The molecule has 0 bridgehead atoms. The van der Waals surface area contributed by atoms with Crippen LogP contribution >= 0.6 is 0 Å². The highest BCUT2D eigenvalue weighted by atomic mass is 16.5. The number of nitrogens with zero attached hydrogens (tertiary/aromatic N) is 4. The largest absolute Gasteiger partial charge is 0.481 e. The van der Waals surface area contributed by atoms with E-state index >= 15 is 0 Å². The Balaban J connectivity index is 1.45. The maximum Gasteiger partial charge on any atom is 0.221 e. The predicted molar refractivity (Wildman–Crippen MR) is 130 cm³/mol. The van der Waals surface area contributed by atoms with Gasteiger partial charge in [0.2, 0.25) is 11.8 Å². The highest BCUT2D eigenvalue weighted by Crippen LogP contribution is 2.39. The first kappa shape index (κ1) is 22.1. The lowest BCUT2D eigenvalue weighted by Gasteiger charge is -2.31. The van der Waals surface area contributed by atoms with Crippen LogP contribution in [-0.4, -0.2) is 58.1 Å². The van der Waals surface area contributed by atoms with Crippen molar-refractivity contribution in [1.82, 2.24) is 14.7 Å². The van der Waals surface area contributed by atoms with Crippen molar-refractivity contribution in [1.29, 1.82) is 0 Å². The number of aliphatic imine (C=N–C) groups is 1. The molecule has 0 aliphatic carbocycles. The number of aromatic nitrogens is 2. The van der Waals surface area contributed by atoms with Gasteiger partial charge >= 0.3 is 0 Å². The van der Waals surface area contributed by atoms with Gasteiger partial charge in [-0.15, -0.1) is 0 Å². The second kappa shape index (κ2) is 8.90. The summed E-state index contributed by atoms with van der Waals surface area (Å²) in [4.78, 5) is 29.6. The number of benzene rings is 1. The minimum absolute atomic E-state index is 0.122. The Labute approximate surface area is 198 Å². The first-order valence-electron chi connectivity index (χ1n) is 11.5. The van der Waals surface area contributed by atoms with E-state index in [4.69, 9.17) is 10.5 Å². The Hall–Kier alpha value is -3.72. The molecule has 1 saturated heterocycles. The summed E-state index contributed by atoms with van der Waals surface area (Å²) in [6.45, 7) is 4.58. The van der Waals surface area contributed by atoms with Crippen LogP contribution in [0.5, 0.6) is 0 Å². The van der Waals surface area contributed by atoms with Crippen LogP contribution in [0.3, 0.4) is 0 Å². The number of amides is 2. The van der Waals surface area contributed by atoms with Gasteiger partial charge in [-0.2, -0.15) is 5.10 Å². The first-order chi connectivity index (χ1) is 16.4. The quantitative estimate of drug-likeness (QED) is 0.728. The van der Waals surface area contributed by atoms with Gasteiger partial charge in [0, 0.05) is 61.6 Å². The minimum atomic E-state index is -0.522. The van der Waals surface area contributed by atoms with Crippen molar-refractivity contribution >= 4 is 35.0 Å². The Bertz CT molecular complexity index is 1220. The Morgan fingerprint density at radius 1 is 1.18 bits per heavy atom. The van der Waals surface area contributed by atoms with E-state index in [1.54, 1.807) is 13.1 Å². The Morgan fingerprint density at radius 3 is 2.68 bits per heavy atom. The average molecular weight is 461 g/mol. The van der Waals surface area contributed by atoms with Gasteiger partial charge in [-0.25, -0.2) is 0 Å². The molecule has 176 valence electrons. The number of hydrogen-bond donors (Lipinski definition) is 2. The number of likely N-dealkylation sites (tertiary alicyclic amines) is 1. The summed E-state index contributed by atoms with van der Waals surface area (Å²) in [5, 5.41) is 7.48. The molecule has 9 heteroatoms. The fourth-order valence-electron chi connectivity index (χ4n) is 4.76. The van der Waals surface area contributed by atoms with E-state index < -0.39 is 12.3 Å². The summed E-state index contributed by atoms with van der Waals surface area (Å²) in [7, 11) is 0. The van der Waals surface area contributed by atoms with Gasteiger partial charge in [0.25, 0.3) is 0 Å². The highest BCUT2D eigenvalue weighted by molar-refractivity contribution is 6.13. The van der Waals surface area contributed by atoms with Gasteiger partial charge in [0.1, 0.15) is 11.9 Å². The second-order valence-electron chi connectivity index (χ2n) is 8.86.